The van der Waals surface area contributed by atoms with Gasteiger partial charge in [-0.05, 0) is 54.8 Å². The van der Waals surface area contributed by atoms with Gasteiger partial charge in [0.15, 0.2) is 0 Å². The average Bonchev–Trinajstić information content (AvgIpc) is 2.77. The minimum atomic E-state index is -4.34. The zero-order chi connectivity index (χ0) is 16.6. The highest BCUT2D eigenvalue weighted by atomic mass is 19.4. The van der Waals surface area contributed by atoms with Crippen molar-refractivity contribution in [2.45, 2.75) is 26.1 Å². The molecule has 2 nitrogen and oxygen atoms in total. The number of halogens is 3. The first kappa shape index (κ1) is 15.5. The van der Waals surface area contributed by atoms with Crippen molar-refractivity contribution in [2.24, 2.45) is 5.73 Å². The van der Waals surface area contributed by atoms with Crippen LogP contribution in [0, 0.1) is 0 Å². The lowest BCUT2D eigenvalue weighted by Crippen LogP contribution is -2.05. The summed E-state index contributed by atoms with van der Waals surface area (Å²) in [6.45, 7) is 2.65. The normalized spacial score (nSPS) is 14.3. The molecule has 3 rings (SSSR count). The monoisotopic (exact) mass is 318 g/mol. The maximum atomic E-state index is 13.0. The summed E-state index contributed by atoms with van der Waals surface area (Å²) < 4.78 is 40.9. The highest BCUT2D eigenvalue weighted by molar-refractivity contribution is 5.69. The molecule has 1 heterocycles. The maximum absolute atomic E-state index is 13.0. The summed E-state index contributed by atoms with van der Waals surface area (Å²) in [5.74, 6) is 0. The van der Waals surface area contributed by atoms with Crippen LogP contribution in [-0.4, -0.2) is 4.57 Å². The lowest BCUT2D eigenvalue weighted by Gasteiger charge is -2.12. The van der Waals surface area contributed by atoms with Gasteiger partial charge in [-0.15, -0.1) is 0 Å². The first-order chi connectivity index (χ1) is 10.9. The van der Waals surface area contributed by atoms with Crippen LogP contribution >= 0.6 is 0 Å². The highest BCUT2D eigenvalue weighted by Gasteiger charge is 2.30. The summed E-state index contributed by atoms with van der Waals surface area (Å²) in [6.07, 6.45) is 2.00. The van der Waals surface area contributed by atoms with Crippen molar-refractivity contribution in [2.75, 3.05) is 0 Å². The van der Waals surface area contributed by atoms with Gasteiger partial charge in [-0.25, -0.2) is 0 Å². The fraction of sp³-hybridized carbons (Fsp3) is 0.222. The van der Waals surface area contributed by atoms with E-state index in [4.69, 9.17) is 5.73 Å². The predicted octanol–water partition coefficient (Wildman–Crippen LogP) is 4.61. The van der Waals surface area contributed by atoms with Crippen LogP contribution in [0.15, 0.2) is 48.2 Å². The third-order valence-electron chi connectivity index (χ3n) is 4.01. The van der Waals surface area contributed by atoms with Crippen molar-refractivity contribution in [3.05, 3.63) is 65.0 Å². The molecule has 0 bridgehead atoms. The molecule has 0 saturated carbocycles. The zero-order valence-corrected chi connectivity index (χ0v) is 12.7. The van der Waals surface area contributed by atoms with E-state index in [-0.39, 0.29) is 0 Å². The number of aromatic nitrogens is 1. The van der Waals surface area contributed by atoms with Gasteiger partial charge in [-0.1, -0.05) is 18.2 Å². The maximum Gasteiger partial charge on any atom is 0.416 e. The topological polar surface area (TPSA) is 30.9 Å². The summed E-state index contributed by atoms with van der Waals surface area (Å²) in [5, 5.41) is 0. The molecular weight excluding hydrogens is 301 g/mol. The highest BCUT2D eigenvalue weighted by Crippen LogP contribution is 2.34. The third kappa shape index (κ3) is 2.91. The Morgan fingerprint density at radius 1 is 1.17 bits per heavy atom. The molecule has 1 aliphatic rings. The number of nitrogens with zero attached hydrogens (tertiary/aromatic N) is 1. The number of hydrogen-bond acceptors (Lipinski definition) is 1. The number of alkyl halides is 3. The van der Waals surface area contributed by atoms with E-state index >= 15 is 0 Å². The standard InChI is InChI=1S/C18H17F3N2/c1-2-23-16-9-8-15(22)7-6-13(16)11-17(23)12-4-3-5-14(10-12)18(19,20)21/h3-5,7-11H,2,6,22H2,1H3. The second-order valence-electron chi connectivity index (χ2n) is 5.50. The van der Waals surface area contributed by atoms with Crippen LogP contribution in [0.2, 0.25) is 0 Å². The van der Waals surface area contributed by atoms with Crippen LogP contribution in [-0.2, 0) is 19.1 Å². The molecule has 0 amide bonds. The van der Waals surface area contributed by atoms with E-state index in [1.807, 2.05) is 35.8 Å². The van der Waals surface area contributed by atoms with Gasteiger partial charge in [0, 0.05) is 23.6 Å². The molecule has 23 heavy (non-hydrogen) atoms. The molecular formula is C18H17F3N2. The van der Waals surface area contributed by atoms with E-state index in [0.717, 1.165) is 23.0 Å². The summed E-state index contributed by atoms with van der Waals surface area (Å²) >= 11 is 0. The lowest BCUT2D eigenvalue weighted by molar-refractivity contribution is -0.137. The number of hydrogen-bond donors (Lipinski definition) is 1. The molecule has 0 aliphatic heterocycles. The number of rotatable bonds is 2. The average molecular weight is 318 g/mol. The Kier molecular flexibility index (Phi) is 3.80. The number of benzene rings is 1. The Balaban J connectivity index is 2.12. The van der Waals surface area contributed by atoms with Crippen LogP contribution in [0.5, 0.6) is 0 Å². The Morgan fingerprint density at radius 3 is 2.65 bits per heavy atom. The van der Waals surface area contributed by atoms with E-state index in [1.165, 1.54) is 12.1 Å². The van der Waals surface area contributed by atoms with Crippen LogP contribution in [0.4, 0.5) is 13.2 Å². The lowest BCUT2D eigenvalue weighted by atomic mass is 10.1. The molecule has 0 spiro atoms. The smallest absolute Gasteiger partial charge is 0.399 e. The quantitative estimate of drug-likeness (QED) is 0.861. The fourth-order valence-electron chi connectivity index (χ4n) is 2.89. The van der Waals surface area contributed by atoms with E-state index in [2.05, 4.69) is 0 Å². The van der Waals surface area contributed by atoms with E-state index in [9.17, 15) is 13.2 Å². The first-order valence-corrected chi connectivity index (χ1v) is 7.44. The Morgan fingerprint density at radius 2 is 1.96 bits per heavy atom. The van der Waals surface area contributed by atoms with Gasteiger partial charge in [-0.3, -0.25) is 0 Å². The minimum Gasteiger partial charge on any atom is -0.399 e. The molecule has 0 atom stereocenters. The van der Waals surface area contributed by atoms with Crippen molar-refractivity contribution in [3.63, 3.8) is 0 Å². The van der Waals surface area contributed by atoms with Gasteiger partial charge in [0.05, 0.1) is 5.56 Å². The fourth-order valence-corrected chi connectivity index (χ4v) is 2.89. The Bertz CT molecular complexity index is 795. The predicted molar refractivity (Wildman–Crippen MR) is 85.6 cm³/mol. The van der Waals surface area contributed by atoms with Crippen molar-refractivity contribution < 1.29 is 13.2 Å². The number of nitrogens with two attached hydrogens (primary N) is 1. The van der Waals surface area contributed by atoms with Crippen LogP contribution < -0.4 is 5.73 Å². The minimum absolute atomic E-state index is 0.570. The van der Waals surface area contributed by atoms with Crippen LogP contribution in [0.1, 0.15) is 23.7 Å². The van der Waals surface area contributed by atoms with E-state index in [0.29, 0.717) is 24.2 Å². The van der Waals surface area contributed by atoms with Gasteiger partial charge >= 0.3 is 6.18 Å². The van der Waals surface area contributed by atoms with E-state index in [1.54, 1.807) is 6.07 Å². The molecule has 0 unspecified atom stereocenters. The largest absolute Gasteiger partial charge is 0.416 e. The van der Waals surface area contributed by atoms with Gasteiger partial charge in [0.2, 0.25) is 0 Å². The van der Waals surface area contributed by atoms with Crippen molar-refractivity contribution in [1.82, 2.24) is 4.57 Å². The third-order valence-corrected chi connectivity index (χ3v) is 4.01. The molecule has 0 fully saturated rings. The molecule has 1 aromatic carbocycles. The molecule has 5 heteroatoms. The molecule has 0 saturated heterocycles. The van der Waals surface area contributed by atoms with Gasteiger partial charge in [0.1, 0.15) is 0 Å². The SMILES string of the molecule is CCn1c(-c2cccc(C(F)(F)F)c2)cc2c1C=CC(N)=CC2. The van der Waals surface area contributed by atoms with Gasteiger partial charge in [-0.2, -0.15) is 13.2 Å². The Hall–Kier alpha value is -2.43. The zero-order valence-electron chi connectivity index (χ0n) is 12.7. The molecule has 2 aromatic rings. The first-order valence-electron chi connectivity index (χ1n) is 7.44. The second kappa shape index (κ2) is 5.65. The molecule has 0 radical (unpaired) electrons. The summed E-state index contributed by atoms with van der Waals surface area (Å²) in [4.78, 5) is 0. The van der Waals surface area contributed by atoms with Gasteiger partial charge < -0.3 is 10.3 Å². The summed E-state index contributed by atoms with van der Waals surface area (Å²) in [5.41, 5.74) is 9.32. The van der Waals surface area contributed by atoms with Gasteiger partial charge in [0.25, 0.3) is 0 Å². The second-order valence-corrected chi connectivity index (χ2v) is 5.50. The summed E-state index contributed by atoms with van der Waals surface area (Å²) in [6, 6.07) is 7.41. The van der Waals surface area contributed by atoms with Crippen LogP contribution in [0.25, 0.3) is 17.3 Å². The van der Waals surface area contributed by atoms with Crippen molar-refractivity contribution >= 4 is 6.08 Å². The van der Waals surface area contributed by atoms with Crippen molar-refractivity contribution in [3.8, 4) is 11.3 Å². The van der Waals surface area contributed by atoms with Crippen molar-refractivity contribution in [1.29, 1.82) is 0 Å². The molecule has 120 valence electrons. The molecule has 1 aromatic heterocycles. The molecule has 1 aliphatic carbocycles. The van der Waals surface area contributed by atoms with Crippen LogP contribution in [0.3, 0.4) is 0 Å². The van der Waals surface area contributed by atoms with E-state index < -0.39 is 11.7 Å². The number of allylic oxidation sites excluding steroid dienone is 2. The molecule has 2 N–H and O–H groups in total. The number of fused-ring (bicyclic) bond motifs is 1. The summed E-state index contributed by atoms with van der Waals surface area (Å²) in [7, 11) is 0. The Labute approximate surface area is 132 Å².